The van der Waals surface area contributed by atoms with Crippen molar-refractivity contribution >= 4 is 23.1 Å². The molecular weight excluding hydrogens is 224 g/mol. The van der Waals surface area contributed by atoms with Crippen LogP contribution < -0.4 is 4.90 Å². The Hall–Kier alpha value is -1.53. The molecule has 0 aliphatic carbocycles. The first-order chi connectivity index (χ1) is 7.70. The van der Waals surface area contributed by atoms with Gasteiger partial charge in [0.2, 0.25) is 0 Å². The van der Waals surface area contributed by atoms with E-state index in [1.165, 1.54) is 0 Å². The molecule has 0 N–H and O–H groups in total. The van der Waals surface area contributed by atoms with Crippen LogP contribution in [0.4, 0.5) is 5.69 Å². The summed E-state index contributed by atoms with van der Waals surface area (Å²) in [6.45, 7) is 1.19. The van der Waals surface area contributed by atoms with Crippen molar-refractivity contribution in [3.8, 4) is 6.07 Å². The van der Waals surface area contributed by atoms with Crippen molar-refractivity contribution < 1.29 is 4.79 Å². The van der Waals surface area contributed by atoms with E-state index in [2.05, 4.69) is 6.07 Å². The Balaban J connectivity index is 2.35. The first kappa shape index (κ1) is 11.0. The standard InChI is InChI=1S/C12H11ClN2O/c13-10-4-3-9(7-14)12(6-10)15-5-1-2-11(16)8-15/h3-4,6H,1-2,5,8H2. The first-order valence-electron chi connectivity index (χ1n) is 5.17. The second kappa shape index (κ2) is 4.54. The maximum atomic E-state index is 11.4. The van der Waals surface area contributed by atoms with Gasteiger partial charge in [-0.2, -0.15) is 5.26 Å². The maximum Gasteiger partial charge on any atom is 0.152 e. The number of anilines is 1. The van der Waals surface area contributed by atoms with Crippen molar-refractivity contribution in [2.45, 2.75) is 12.8 Å². The van der Waals surface area contributed by atoms with Gasteiger partial charge < -0.3 is 4.90 Å². The van der Waals surface area contributed by atoms with E-state index in [-0.39, 0.29) is 5.78 Å². The second-order valence-electron chi connectivity index (χ2n) is 3.84. The van der Waals surface area contributed by atoms with Crippen LogP contribution in [0.1, 0.15) is 18.4 Å². The number of carbonyl (C=O) groups is 1. The van der Waals surface area contributed by atoms with Gasteiger partial charge in [0.25, 0.3) is 0 Å². The smallest absolute Gasteiger partial charge is 0.152 e. The molecule has 1 fully saturated rings. The molecule has 16 heavy (non-hydrogen) atoms. The van der Waals surface area contributed by atoms with E-state index >= 15 is 0 Å². The molecule has 1 aliphatic heterocycles. The van der Waals surface area contributed by atoms with Gasteiger partial charge in [-0.3, -0.25) is 4.79 Å². The zero-order valence-corrected chi connectivity index (χ0v) is 9.50. The topological polar surface area (TPSA) is 44.1 Å². The molecule has 0 aromatic heterocycles. The lowest BCUT2D eigenvalue weighted by Gasteiger charge is -2.28. The van der Waals surface area contributed by atoms with E-state index in [1.807, 2.05) is 4.90 Å². The van der Waals surface area contributed by atoms with Gasteiger partial charge in [-0.05, 0) is 24.6 Å². The lowest BCUT2D eigenvalue weighted by Crippen LogP contribution is -2.35. The molecule has 0 spiro atoms. The fraction of sp³-hybridized carbons (Fsp3) is 0.333. The number of nitrogens with zero attached hydrogens (tertiary/aromatic N) is 2. The minimum absolute atomic E-state index is 0.218. The predicted octanol–water partition coefficient (Wildman–Crippen LogP) is 2.38. The van der Waals surface area contributed by atoms with Gasteiger partial charge in [0, 0.05) is 18.0 Å². The van der Waals surface area contributed by atoms with Crippen molar-refractivity contribution in [3.63, 3.8) is 0 Å². The van der Waals surface area contributed by atoms with Gasteiger partial charge in [0.15, 0.2) is 5.78 Å². The number of piperidine rings is 1. The molecule has 0 unspecified atom stereocenters. The first-order valence-corrected chi connectivity index (χ1v) is 5.55. The summed E-state index contributed by atoms with van der Waals surface area (Å²) >= 11 is 5.91. The van der Waals surface area contributed by atoms with Gasteiger partial charge in [0.05, 0.1) is 17.8 Å². The highest BCUT2D eigenvalue weighted by molar-refractivity contribution is 6.30. The Morgan fingerprint density at radius 1 is 1.44 bits per heavy atom. The summed E-state index contributed by atoms with van der Waals surface area (Å²) < 4.78 is 0. The number of hydrogen-bond acceptors (Lipinski definition) is 3. The average molecular weight is 235 g/mol. The van der Waals surface area contributed by atoms with Crippen LogP contribution >= 0.6 is 11.6 Å². The number of nitriles is 1. The Morgan fingerprint density at radius 3 is 2.94 bits per heavy atom. The number of benzene rings is 1. The van der Waals surface area contributed by atoms with Crippen LogP contribution in [0.25, 0.3) is 0 Å². The third-order valence-electron chi connectivity index (χ3n) is 2.67. The molecular formula is C12H11ClN2O. The number of hydrogen-bond donors (Lipinski definition) is 0. The normalized spacial score (nSPS) is 16.0. The van der Waals surface area contributed by atoms with Crippen LogP contribution in [0.5, 0.6) is 0 Å². The lowest BCUT2D eigenvalue weighted by molar-refractivity contribution is -0.118. The Morgan fingerprint density at radius 2 is 2.25 bits per heavy atom. The molecule has 0 radical (unpaired) electrons. The van der Waals surface area contributed by atoms with Gasteiger partial charge in [-0.15, -0.1) is 0 Å². The SMILES string of the molecule is N#Cc1ccc(Cl)cc1N1CCCC(=O)C1. The minimum Gasteiger partial charge on any atom is -0.363 e. The predicted molar refractivity (Wildman–Crippen MR) is 62.6 cm³/mol. The van der Waals surface area contributed by atoms with Gasteiger partial charge in [-0.1, -0.05) is 11.6 Å². The number of ketones is 1. The van der Waals surface area contributed by atoms with Crippen molar-refractivity contribution in [2.24, 2.45) is 0 Å². The lowest BCUT2D eigenvalue weighted by atomic mass is 10.1. The highest BCUT2D eigenvalue weighted by Crippen LogP contribution is 2.26. The Labute approximate surface area is 99.2 Å². The van der Waals surface area contributed by atoms with E-state index < -0.39 is 0 Å². The van der Waals surface area contributed by atoms with Crippen molar-refractivity contribution in [3.05, 3.63) is 28.8 Å². The number of carbonyl (C=O) groups excluding carboxylic acids is 1. The highest BCUT2D eigenvalue weighted by atomic mass is 35.5. The average Bonchev–Trinajstić information content (AvgIpc) is 2.29. The van der Waals surface area contributed by atoms with Crippen molar-refractivity contribution in [2.75, 3.05) is 18.0 Å². The van der Waals surface area contributed by atoms with Crippen LogP contribution in [0.3, 0.4) is 0 Å². The number of halogens is 1. The third kappa shape index (κ3) is 2.17. The van der Waals surface area contributed by atoms with Crippen LogP contribution in [-0.4, -0.2) is 18.9 Å². The molecule has 1 aromatic carbocycles. The summed E-state index contributed by atoms with van der Waals surface area (Å²) in [5, 5.41) is 9.59. The summed E-state index contributed by atoms with van der Waals surface area (Å²) in [5.74, 6) is 0.218. The Bertz CT molecular complexity index is 465. The zero-order chi connectivity index (χ0) is 11.5. The summed E-state index contributed by atoms with van der Waals surface area (Å²) in [6, 6.07) is 7.25. The maximum absolute atomic E-state index is 11.4. The van der Waals surface area contributed by atoms with Crippen LogP contribution in [0, 0.1) is 11.3 Å². The van der Waals surface area contributed by atoms with Gasteiger partial charge >= 0.3 is 0 Å². The monoisotopic (exact) mass is 234 g/mol. The summed E-state index contributed by atoms with van der Waals surface area (Å²) in [5.41, 5.74) is 1.34. The molecule has 82 valence electrons. The van der Waals surface area contributed by atoms with E-state index in [0.717, 1.165) is 18.7 Å². The second-order valence-corrected chi connectivity index (χ2v) is 4.27. The summed E-state index contributed by atoms with van der Waals surface area (Å²) in [4.78, 5) is 13.3. The number of rotatable bonds is 1. The van der Waals surface area contributed by atoms with E-state index in [4.69, 9.17) is 16.9 Å². The molecule has 1 aromatic rings. The molecule has 0 atom stereocenters. The fourth-order valence-corrected chi connectivity index (χ4v) is 2.07. The minimum atomic E-state index is 0.218. The molecule has 1 saturated heterocycles. The highest BCUT2D eigenvalue weighted by Gasteiger charge is 2.19. The van der Waals surface area contributed by atoms with Crippen molar-refractivity contribution in [1.29, 1.82) is 5.26 Å². The molecule has 0 saturated carbocycles. The summed E-state index contributed by atoms with van der Waals surface area (Å²) in [6.07, 6.45) is 1.48. The van der Waals surface area contributed by atoms with E-state index in [9.17, 15) is 4.79 Å². The zero-order valence-electron chi connectivity index (χ0n) is 8.74. The van der Waals surface area contributed by atoms with Gasteiger partial charge in [0.1, 0.15) is 6.07 Å². The van der Waals surface area contributed by atoms with Gasteiger partial charge in [-0.25, -0.2) is 0 Å². The van der Waals surface area contributed by atoms with Crippen LogP contribution in [0.2, 0.25) is 5.02 Å². The van der Waals surface area contributed by atoms with E-state index in [0.29, 0.717) is 23.6 Å². The molecule has 4 heteroatoms. The largest absolute Gasteiger partial charge is 0.363 e. The molecule has 1 aliphatic rings. The Kier molecular flexibility index (Phi) is 3.12. The van der Waals surface area contributed by atoms with Crippen LogP contribution in [0.15, 0.2) is 18.2 Å². The summed E-state index contributed by atoms with van der Waals surface area (Å²) in [7, 11) is 0. The molecule has 0 bridgehead atoms. The molecule has 1 heterocycles. The molecule has 0 amide bonds. The molecule has 3 nitrogen and oxygen atoms in total. The molecule has 2 rings (SSSR count). The number of Topliss-reactive ketones (excluding diaryl/α,β-unsaturated/α-hetero) is 1. The van der Waals surface area contributed by atoms with E-state index in [1.54, 1.807) is 18.2 Å². The quantitative estimate of drug-likeness (QED) is 0.750. The van der Waals surface area contributed by atoms with Crippen LogP contribution in [-0.2, 0) is 4.79 Å². The fourth-order valence-electron chi connectivity index (χ4n) is 1.90. The van der Waals surface area contributed by atoms with Crippen molar-refractivity contribution in [1.82, 2.24) is 0 Å². The third-order valence-corrected chi connectivity index (χ3v) is 2.91.